The maximum absolute atomic E-state index is 11.2. The molecule has 0 aliphatic carbocycles. The summed E-state index contributed by atoms with van der Waals surface area (Å²) >= 11 is 0. The monoisotopic (exact) mass is 169 g/mol. The quantitative estimate of drug-likeness (QED) is 0.544. The van der Waals surface area contributed by atoms with Crippen molar-refractivity contribution in [1.29, 1.82) is 0 Å². The Kier molecular flexibility index (Phi) is 3.29. The fourth-order valence-electron chi connectivity index (χ4n) is 1.32. The lowest BCUT2D eigenvalue weighted by Gasteiger charge is -2.20. The van der Waals surface area contributed by atoms with Gasteiger partial charge in [-0.25, -0.2) is 0 Å². The van der Waals surface area contributed by atoms with E-state index < -0.39 is 0 Å². The van der Waals surface area contributed by atoms with Crippen LogP contribution in [-0.4, -0.2) is 36.6 Å². The third kappa shape index (κ3) is 2.34. The van der Waals surface area contributed by atoms with E-state index in [2.05, 4.69) is 6.58 Å². The Bertz CT molecular complexity index is 179. The van der Waals surface area contributed by atoms with Crippen LogP contribution < -0.4 is 0 Å². The van der Waals surface area contributed by atoms with Gasteiger partial charge in [-0.15, -0.1) is 0 Å². The highest BCUT2D eigenvalue weighted by Gasteiger charge is 2.17. The maximum Gasteiger partial charge on any atom is 0.246 e. The van der Waals surface area contributed by atoms with Crippen molar-refractivity contribution in [3.8, 4) is 0 Å². The normalized spacial score (nSPS) is 24.8. The number of nitrogens with zero attached hydrogens (tertiary/aromatic N) is 1. The predicted molar refractivity (Wildman–Crippen MR) is 46.8 cm³/mol. The molecule has 0 aromatic rings. The van der Waals surface area contributed by atoms with Crippen molar-refractivity contribution in [1.82, 2.24) is 4.90 Å². The molecule has 0 bridgehead atoms. The van der Waals surface area contributed by atoms with Crippen LogP contribution in [-0.2, 0) is 9.53 Å². The first kappa shape index (κ1) is 9.26. The smallest absolute Gasteiger partial charge is 0.246 e. The van der Waals surface area contributed by atoms with Gasteiger partial charge in [0, 0.05) is 19.7 Å². The van der Waals surface area contributed by atoms with Gasteiger partial charge in [-0.2, -0.15) is 0 Å². The Labute approximate surface area is 73.0 Å². The Morgan fingerprint density at radius 1 is 1.75 bits per heavy atom. The van der Waals surface area contributed by atoms with Crippen molar-refractivity contribution < 1.29 is 9.53 Å². The fraction of sp³-hybridized carbons (Fsp3) is 0.667. The molecule has 1 aliphatic rings. The standard InChI is InChI=1S/C9H15NO2/c1-3-9(11)10-5-4-6-12-8(2)7-10/h3,8H,1,4-7H2,2H3. The molecule has 1 saturated heterocycles. The summed E-state index contributed by atoms with van der Waals surface area (Å²) in [7, 11) is 0. The van der Waals surface area contributed by atoms with E-state index in [0.717, 1.165) is 19.6 Å². The zero-order valence-electron chi connectivity index (χ0n) is 7.45. The number of rotatable bonds is 1. The molecule has 0 radical (unpaired) electrons. The minimum absolute atomic E-state index is 0.00681. The van der Waals surface area contributed by atoms with Crippen LogP contribution in [0.4, 0.5) is 0 Å². The zero-order valence-corrected chi connectivity index (χ0v) is 7.45. The van der Waals surface area contributed by atoms with Gasteiger partial charge in [0.05, 0.1) is 6.10 Å². The van der Waals surface area contributed by atoms with Gasteiger partial charge in [-0.3, -0.25) is 4.79 Å². The van der Waals surface area contributed by atoms with Crippen LogP contribution in [0.3, 0.4) is 0 Å². The minimum Gasteiger partial charge on any atom is -0.377 e. The molecule has 1 atom stereocenters. The van der Waals surface area contributed by atoms with Crippen LogP contribution in [0.5, 0.6) is 0 Å². The molecule has 0 saturated carbocycles. The van der Waals surface area contributed by atoms with E-state index in [1.165, 1.54) is 6.08 Å². The summed E-state index contributed by atoms with van der Waals surface area (Å²) in [6.45, 7) is 7.66. The lowest BCUT2D eigenvalue weighted by atomic mass is 10.3. The second-order valence-electron chi connectivity index (χ2n) is 3.02. The average molecular weight is 169 g/mol. The van der Waals surface area contributed by atoms with Gasteiger partial charge in [-0.1, -0.05) is 6.58 Å². The number of carbonyl (C=O) groups is 1. The van der Waals surface area contributed by atoms with Crippen molar-refractivity contribution in [3.63, 3.8) is 0 Å². The summed E-state index contributed by atoms with van der Waals surface area (Å²) in [5.41, 5.74) is 0. The first-order valence-corrected chi connectivity index (χ1v) is 4.27. The Morgan fingerprint density at radius 3 is 3.17 bits per heavy atom. The molecule has 68 valence electrons. The number of ether oxygens (including phenoxy) is 1. The molecule has 0 spiro atoms. The molecule has 1 heterocycles. The van der Waals surface area contributed by atoms with E-state index in [-0.39, 0.29) is 12.0 Å². The largest absolute Gasteiger partial charge is 0.377 e. The second kappa shape index (κ2) is 4.26. The number of carbonyl (C=O) groups excluding carboxylic acids is 1. The van der Waals surface area contributed by atoms with E-state index >= 15 is 0 Å². The molecule has 1 amide bonds. The molecular weight excluding hydrogens is 154 g/mol. The van der Waals surface area contributed by atoms with E-state index in [0.29, 0.717) is 6.54 Å². The van der Waals surface area contributed by atoms with E-state index in [4.69, 9.17) is 4.74 Å². The molecule has 3 nitrogen and oxygen atoms in total. The summed E-state index contributed by atoms with van der Waals surface area (Å²) in [5, 5.41) is 0. The summed E-state index contributed by atoms with van der Waals surface area (Å²) in [6.07, 6.45) is 2.43. The summed E-state index contributed by atoms with van der Waals surface area (Å²) in [5.74, 6) is 0.00681. The van der Waals surface area contributed by atoms with Crippen LogP contribution in [0.15, 0.2) is 12.7 Å². The first-order chi connectivity index (χ1) is 5.74. The van der Waals surface area contributed by atoms with Crippen molar-refractivity contribution in [2.24, 2.45) is 0 Å². The van der Waals surface area contributed by atoms with Gasteiger partial charge in [0.1, 0.15) is 0 Å². The third-order valence-corrected chi connectivity index (χ3v) is 1.94. The maximum atomic E-state index is 11.2. The van der Waals surface area contributed by atoms with Gasteiger partial charge in [-0.05, 0) is 19.4 Å². The Hall–Kier alpha value is -0.830. The van der Waals surface area contributed by atoms with Crippen molar-refractivity contribution in [2.75, 3.05) is 19.7 Å². The van der Waals surface area contributed by atoms with Crippen LogP contribution >= 0.6 is 0 Å². The van der Waals surface area contributed by atoms with Gasteiger partial charge in [0.25, 0.3) is 0 Å². The highest BCUT2D eigenvalue weighted by atomic mass is 16.5. The van der Waals surface area contributed by atoms with Crippen LogP contribution in [0.1, 0.15) is 13.3 Å². The van der Waals surface area contributed by atoms with Crippen molar-refractivity contribution in [3.05, 3.63) is 12.7 Å². The van der Waals surface area contributed by atoms with Crippen LogP contribution in [0.2, 0.25) is 0 Å². The second-order valence-corrected chi connectivity index (χ2v) is 3.02. The first-order valence-electron chi connectivity index (χ1n) is 4.27. The lowest BCUT2D eigenvalue weighted by Crippen LogP contribution is -2.34. The SMILES string of the molecule is C=CC(=O)N1CCCOC(C)C1. The Morgan fingerprint density at radius 2 is 2.50 bits per heavy atom. The molecule has 1 fully saturated rings. The summed E-state index contributed by atoms with van der Waals surface area (Å²) in [6, 6.07) is 0. The average Bonchev–Trinajstić information content (AvgIpc) is 2.28. The lowest BCUT2D eigenvalue weighted by molar-refractivity contribution is -0.126. The summed E-state index contributed by atoms with van der Waals surface area (Å²) < 4.78 is 5.40. The fourth-order valence-corrected chi connectivity index (χ4v) is 1.32. The highest BCUT2D eigenvalue weighted by Crippen LogP contribution is 2.05. The van der Waals surface area contributed by atoms with Crippen LogP contribution in [0.25, 0.3) is 0 Å². The van der Waals surface area contributed by atoms with Gasteiger partial charge in [0.2, 0.25) is 5.91 Å². The molecular formula is C9H15NO2. The van der Waals surface area contributed by atoms with Crippen molar-refractivity contribution >= 4 is 5.91 Å². The molecule has 0 aromatic heterocycles. The molecule has 12 heavy (non-hydrogen) atoms. The number of hydrogen-bond acceptors (Lipinski definition) is 2. The molecule has 1 rings (SSSR count). The highest BCUT2D eigenvalue weighted by molar-refractivity contribution is 5.87. The number of hydrogen-bond donors (Lipinski definition) is 0. The minimum atomic E-state index is 0.00681. The van der Waals surface area contributed by atoms with Crippen LogP contribution in [0, 0.1) is 0 Å². The molecule has 0 N–H and O–H groups in total. The van der Waals surface area contributed by atoms with Gasteiger partial charge >= 0.3 is 0 Å². The molecule has 1 aliphatic heterocycles. The topological polar surface area (TPSA) is 29.5 Å². The van der Waals surface area contributed by atoms with Crippen molar-refractivity contribution in [2.45, 2.75) is 19.4 Å². The number of amides is 1. The zero-order chi connectivity index (χ0) is 8.97. The molecule has 1 unspecified atom stereocenters. The van der Waals surface area contributed by atoms with Gasteiger partial charge in [0.15, 0.2) is 0 Å². The third-order valence-electron chi connectivity index (χ3n) is 1.94. The summed E-state index contributed by atoms with van der Waals surface area (Å²) in [4.78, 5) is 13.0. The van der Waals surface area contributed by atoms with E-state index in [1.54, 1.807) is 4.90 Å². The van der Waals surface area contributed by atoms with E-state index in [1.807, 2.05) is 6.92 Å². The predicted octanol–water partition coefficient (Wildman–Crippen LogP) is 0.810. The molecule has 3 heteroatoms. The van der Waals surface area contributed by atoms with Gasteiger partial charge < -0.3 is 9.64 Å². The van der Waals surface area contributed by atoms with E-state index in [9.17, 15) is 4.79 Å². The Balaban J connectivity index is 2.51. The molecule has 0 aromatic carbocycles.